The van der Waals surface area contributed by atoms with Gasteiger partial charge in [-0.25, -0.2) is 4.98 Å². The topological polar surface area (TPSA) is 75.2 Å². The third kappa shape index (κ3) is 4.31. The average molecular weight is 470 g/mol. The van der Waals surface area contributed by atoms with Crippen LogP contribution in [0.3, 0.4) is 0 Å². The molecule has 174 valence electrons. The molecule has 7 heteroatoms. The van der Waals surface area contributed by atoms with Gasteiger partial charge in [0.25, 0.3) is 0 Å². The molecule has 0 radical (unpaired) electrons. The summed E-state index contributed by atoms with van der Waals surface area (Å²) in [7, 11) is -1.11. The van der Waals surface area contributed by atoms with E-state index in [-0.39, 0.29) is 0 Å². The van der Waals surface area contributed by atoms with Crippen LogP contribution in [-0.2, 0) is 29.7 Å². The number of aliphatic imine (C=N–C) groups is 1. The molecule has 1 aliphatic carbocycles. The minimum atomic E-state index is -1.11. The molecular weight excluding hydrogens is 438 g/mol. The third-order valence-corrected chi connectivity index (χ3v) is 8.43. The molecular formula is C27H31N5OSi. The van der Waals surface area contributed by atoms with Crippen LogP contribution in [0.2, 0.25) is 25.7 Å². The summed E-state index contributed by atoms with van der Waals surface area (Å²) in [5, 5.41) is 13.6. The summed E-state index contributed by atoms with van der Waals surface area (Å²) in [6, 6.07) is 20.1. The molecule has 0 spiro atoms. The predicted molar refractivity (Wildman–Crippen MR) is 138 cm³/mol. The number of hydrogen-bond acceptors (Lipinski definition) is 5. The Bertz CT molecular complexity index is 1260. The van der Waals surface area contributed by atoms with Crippen LogP contribution in [-0.4, -0.2) is 36.6 Å². The number of hydrogen-bond donors (Lipinski definition) is 1. The number of fused-ring (bicyclic) bond motifs is 2. The van der Waals surface area contributed by atoms with Crippen LogP contribution in [0.25, 0.3) is 0 Å². The van der Waals surface area contributed by atoms with Crippen molar-refractivity contribution in [1.29, 1.82) is 5.26 Å². The smallest absolute Gasteiger partial charge is 0.124 e. The van der Waals surface area contributed by atoms with Gasteiger partial charge in [0.2, 0.25) is 0 Å². The lowest BCUT2D eigenvalue weighted by Crippen LogP contribution is -2.27. The summed E-state index contributed by atoms with van der Waals surface area (Å²) in [5.74, 6) is 1.01. The highest BCUT2D eigenvalue weighted by molar-refractivity contribution is 6.76. The van der Waals surface area contributed by atoms with E-state index in [0.29, 0.717) is 26.2 Å². The molecule has 0 bridgehead atoms. The highest BCUT2D eigenvalue weighted by Crippen LogP contribution is 2.39. The minimum absolute atomic E-state index is 0.488. The van der Waals surface area contributed by atoms with Gasteiger partial charge in [-0.1, -0.05) is 50.0 Å². The first-order valence-corrected chi connectivity index (χ1v) is 15.6. The van der Waals surface area contributed by atoms with Crippen LogP contribution in [0, 0.1) is 11.3 Å². The standard InChI is InChI=1S/C27H31N5OSi/c1-34(2,3)14-13-33-19-32-12-11-22-25(29-18-30-26(22)32)23-9-6-10-24(31-23)27(17-28)15-20-7-4-5-8-21(20)16-27/h4-12,30H,13-16,18-19H2,1-3H3. The van der Waals surface area contributed by atoms with Crippen molar-refractivity contribution in [3.05, 3.63) is 82.8 Å². The zero-order valence-corrected chi connectivity index (χ0v) is 21.1. The Morgan fingerprint density at radius 2 is 1.85 bits per heavy atom. The molecule has 1 N–H and O–H groups in total. The fourth-order valence-corrected chi connectivity index (χ4v) is 5.53. The second-order valence-electron chi connectivity index (χ2n) is 10.5. The van der Waals surface area contributed by atoms with Crippen molar-refractivity contribution in [2.45, 2.75) is 50.7 Å². The van der Waals surface area contributed by atoms with E-state index in [1.54, 1.807) is 0 Å². The molecule has 0 fully saturated rings. The van der Waals surface area contributed by atoms with Crippen molar-refractivity contribution in [2.24, 2.45) is 4.99 Å². The number of anilines is 1. The fraction of sp³-hybridized carbons (Fsp3) is 0.370. The average Bonchev–Trinajstić information content (AvgIpc) is 3.43. The molecule has 0 saturated carbocycles. The molecule has 1 aliphatic heterocycles. The maximum atomic E-state index is 10.2. The largest absolute Gasteiger partial charge is 0.361 e. The van der Waals surface area contributed by atoms with Gasteiger partial charge in [-0.3, -0.25) is 4.99 Å². The number of aromatic nitrogens is 2. The summed E-state index contributed by atoms with van der Waals surface area (Å²) in [4.78, 5) is 9.75. The number of nitrogens with zero attached hydrogens (tertiary/aromatic N) is 4. The van der Waals surface area contributed by atoms with E-state index in [2.05, 4.69) is 53.8 Å². The van der Waals surface area contributed by atoms with Crippen LogP contribution < -0.4 is 5.32 Å². The van der Waals surface area contributed by atoms with E-state index in [1.807, 2.05) is 36.5 Å². The van der Waals surface area contributed by atoms with Gasteiger partial charge >= 0.3 is 0 Å². The summed E-state index contributed by atoms with van der Waals surface area (Å²) in [6.07, 6.45) is 3.43. The van der Waals surface area contributed by atoms with E-state index < -0.39 is 13.5 Å². The van der Waals surface area contributed by atoms with Crippen LogP contribution >= 0.6 is 0 Å². The highest BCUT2D eigenvalue weighted by atomic mass is 28.3. The SMILES string of the molecule is C[Si](C)(C)CCOCn1ccc2c1NCN=C2c1cccc(C2(C#N)Cc3ccccc3C2)n1. The minimum Gasteiger partial charge on any atom is -0.361 e. The predicted octanol–water partition coefficient (Wildman–Crippen LogP) is 4.98. The van der Waals surface area contributed by atoms with Crippen LogP contribution in [0.1, 0.15) is 28.1 Å². The van der Waals surface area contributed by atoms with E-state index in [4.69, 9.17) is 14.7 Å². The zero-order chi connectivity index (χ0) is 23.8. The molecule has 1 aromatic carbocycles. The summed E-state index contributed by atoms with van der Waals surface area (Å²) in [6.45, 7) is 8.87. The number of rotatable bonds is 7. The van der Waals surface area contributed by atoms with Gasteiger partial charge in [-0.2, -0.15) is 5.26 Å². The Balaban J connectivity index is 1.38. The van der Waals surface area contributed by atoms with Gasteiger partial charge in [-0.15, -0.1) is 0 Å². The van der Waals surface area contributed by atoms with E-state index in [9.17, 15) is 5.26 Å². The molecule has 34 heavy (non-hydrogen) atoms. The van der Waals surface area contributed by atoms with E-state index in [1.165, 1.54) is 11.1 Å². The Kier molecular flexibility index (Phi) is 5.88. The van der Waals surface area contributed by atoms with Gasteiger partial charge in [0.15, 0.2) is 0 Å². The van der Waals surface area contributed by atoms with Gasteiger partial charge in [-0.05, 0) is 48.2 Å². The van der Waals surface area contributed by atoms with Crippen molar-refractivity contribution < 1.29 is 4.74 Å². The quantitative estimate of drug-likeness (QED) is 0.391. The molecule has 0 unspecified atom stereocenters. The second kappa shape index (κ2) is 8.86. The lowest BCUT2D eigenvalue weighted by atomic mass is 9.82. The fourth-order valence-electron chi connectivity index (χ4n) is 4.77. The van der Waals surface area contributed by atoms with E-state index in [0.717, 1.165) is 41.1 Å². The normalized spacial score (nSPS) is 16.2. The number of benzene rings is 1. The van der Waals surface area contributed by atoms with Gasteiger partial charge < -0.3 is 14.6 Å². The number of pyridine rings is 1. The van der Waals surface area contributed by atoms with Crippen molar-refractivity contribution in [3.8, 4) is 6.07 Å². The first kappa shape index (κ1) is 22.6. The molecule has 3 heterocycles. The van der Waals surface area contributed by atoms with Crippen LogP contribution in [0.15, 0.2) is 59.7 Å². The third-order valence-electron chi connectivity index (χ3n) is 6.73. The van der Waals surface area contributed by atoms with Crippen molar-refractivity contribution in [1.82, 2.24) is 9.55 Å². The van der Waals surface area contributed by atoms with Gasteiger partial charge in [0.1, 0.15) is 24.6 Å². The van der Waals surface area contributed by atoms with Gasteiger partial charge in [0, 0.05) is 26.4 Å². The molecule has 6 nitrogen and oxygen atoms in total. The molecule has 2 aromatic heterocycles. The molecule has 5 rings (SSSR count). The molecule has 0 amide bonds. The number of nitrogens with one attached hydrogen (secondary N) is 1. The summed E-state index contributed by atoms with van der Waals surface area (Å²) >= 11 is 0. The van der Waals surface area contributed by atoms with Crippen LogP contribution in [0.5, 0.6) is 0 Å². The summed E-state index contributed by atoms with van der Waals surface area (Å²) < 4.78 is 8.07. The van der Waals surface area contributed by atoms with Crippen LogP contribution in [0.4, 0.5) is 5.82 Å². The number of ether oxygens (including phenoxy) is 1. The van der Waals surface area contributed by atoms with Crippen molar-refractivity contribution in [3.63, 3.8) is 0 Å². The highest BCUT2D eigenvalue weighted by Gasteiger charge is 2.40. The first-order chi connectivity index (χ1) is 16.4. The molecule has 0 saturated heterocycles. The molecule has 2 aliphatic rings. The Morgan fingerprint density at radius 1 is 1.09 bits per heavy atom. The van der Waals surface area contributed by atoms with Crippen molar-refractivity contribution >= 4 is 19.6 Å². The Morgan fingerprint density at radius 3 is 2.56 bits per heavy atom. The lowest BCUT2D eigenvalue weighted by molar-refractivity contribution is 0.0887. The summed E-state index contributed by atoms with van der Waals surface area (Å²) in [5.41, 5.74) is 5.36. The molecule has 3 aromatic rings. The zero-order valence-electron chi connectivity index (χ0n) is 20.1. The second-order valence-corrected chi connectivity index (χ2v) is 16.1. The number of nitriles is 1. The monoisotopic (exact) mass is 469 g/mol. The molecule has 0 atom stereocenters. The lowest BCUT2D eigenvalue weighted by Gasteiger charge is -2.22. The maximum absolute atomic E-state index is 10.2. The Labute approximate surface area is 202 Å². The van der Waals surface area contributed by atoms with E-state index >= 15 is 0 Å². The van der Waals surface area contributed by atoms with Crippen molar-refractivity contribution in [2.75, 3.05) is 18.6 Å². The van der Waals surface area contributed by atoms with Gasteiger partial charge in [0.05, 0.1) is 23.2 Å². The maximum Gasteiger partial charge on any atom is 0.124 e. The Hall–Kier alpha value is -3.21. The first-order valence-electron chi connectivity index (χ1n) is 11.9.